The first-order valence-electron chi connectivity index (χ1n) is 5.12. The summed E-state index contributed by atoms with van der Waals surface area (Å²) in [5, 5.41) is 16.5. The van der Waals surface area contributed by atoms with Crippen LogP contribution in [0.4, 0.5) is 0 Å². The number of nitrogens with one attached hydrogen (secondary N) is 1. The molecule has 0 spiro atoms. The standard InChI is InChI=1S/C11H10N2O4S/c1-6(11(15)16)12-10(14)7-5-8(17-13-7)9-3-2-4-18-9/h2-6H,1H3,(H,12,14)(H,15,16). The smallest absolute Gasteiger partial charge is 0.325 e. The van der Waals surface area contributed by atoms with Gasteiger partial charge in [-0.25, -0.2) is 0 Å². The quantitative estimate of drug-likeness (QED) is 0.877. The highest BCUT2D eigenvalue weighted by Gasteiger charge is 2.19. The molecule has 2 aromatic heterocycles. The lowest BCUT2D eigenvalue weighted by Crippen LogP contribution is -2.38. The van der Waals surface area contributed by atoms with Gasteiger partial charge in [-0.1, -0.05) is 11.2 Å². The van der Waals surface area contributed by atoms with E-state index in [-0.39, 0.29) is 5.69 Å². The maximum absolute atomic E-state index is 11.6. The summed E-state index contributed by atoms with van der Waals surface area (Å²) >= 11 is 1.46. The third kappa shape index (κ3) is 2.57. The van der Waals surface area contributed by atoms with Gasteiger partial charge in [0.15, 0.2) is 11.5 Å². The van der Waals surface area contributed by atoms with Crippen molar-refractivity contribution in [3.63, 3.8) is 0 Å². The second-order valence-corrected chi connectivity index (χ2v) is 4.53. The van der Waals surface area contributed by atoms with E-state index in [0.717, 1.165) is 4.88 Å². The monoisotopic (exact) mass is 266 g/mol. The van der Waals surface area contributed by atoms with Crippen LogP contribution in [0.15, 0.2) is 28.1 Å². The summed E-state index contributed by atoms with van der Waals surface area (Å²) in [7, 11) is 0. The molecule has 0 aliphatic heterocycles. The summed E-state index contributed by atoms with van der Waals surface area (Å²) in [6.07, 6.45) is 0. The molecule has 1 unspecified atom stereocenters. The van der Waals surface area contributed by atoms with Gasteiger partial charge in [-0.05, 0) is 18.4 Å². The zero-order chi connectivity index (χ0) is 13.1. The Balaban J connectivity index is 2.11. The molecule has 18 heavy (non-hydrogen) atoms. The van der Waals surface area contributed by atoms with E-state index in [1.807, 2.05) is 17.5 Å². The molecule has 2 N–H and O–H groups in total. The van der Waals surface area contributed by atoms with Gasteiger partial charge in [0, 0.05) is 6.07 Å². The lowest BCUT2D eigenvalue weighted by atomic mass is 10.3. The number of carbonyl (C=O) groups excluding carboxylic acids is 1. The molecule has 6 nitrogen and oxygen atoms in total. The maximum atomic E-state index is 11.6. The van der Waals surface area contributed by atoms with Crippen LogP contribution in [0.25, 0.3) is 10.6 Å². The average Bonchev–Trinajstić information content (AvgIpc) is 2.99. The van der Waals surface area contributed by atoms with E-state index in [9.17, 15) is 9.59 Å². The fourth-order valence-electron chi connectivity index (χ4n) is 1.25. The van der Waals surface area contributed by atoms with E-state index in [1.54, 1.807) is 0 Å². The molecule has 0 radical (unpaired) electrons. The Morgan fingerprint density at radius 2 is 2.33 bits per heavy atom. The molecule has 0 bridgehead atoms. The molecule has 0 aliphatic carbocycles. The van der Waals surface area contributed by atoms with Crippen LogP contribution in [0.5, 0.6) is 0 Å². The fourth-order valence-corrected chi connectivity index (χ4v) is 1.92. The van der Waals surface area contributed by atoms with Crippen LogP contribution in [-0.2, 0) is 4.79 Å². The number of hydrogen-bond acceptors (Lipinski definition) is 5. The topological polar surface area (TPSA) is 92.4 Å². The van der Waals surface area contributed by atoms with Gasteiger partial charge in [-0.3, -0.25) is 9.59 Å². The Bertz CT molecular complexity index is 561. The number of aliphatic carboxylic acids is 1. The summed E-state index contributed by atoms with van der Waals surface area (Å²) in [5.74, 6) is -1.19. The molecule has 2 heterocycles. The van der Waals surface area contributed by atoms with E-state index >= 15 is 0 Å². The van der Waals surface area contributed by atoms with Gasteiger partial charge in [0.25, 0.3) is 5.91 Å². The first-order valence-corrected chi connectivity index (χ1v) is 6.00. The summed E-state index contributed by atoms with van der Waals surface area (Å²) in [4.78, 5) is 23.1. The lowest BCUT2D eigenvalue weighted by Gasteiger charge is -2.06. The van der Waals surface area contributed by atoms with E-state index in [2.05, 4.69) is 10.5 Å². The minimum atomic E-state index is -1.11. The number of carbonyl (C=O) groups is 2. The first-order chi connectivity index (χ1) is 8.58. The van der Waals surface area contributed by atoms with E-state index in [1.165, 1.54) is 24.3 Å². The molecule has 2 aromatic rings. The maximum Gasteiger partial charge on any atom is 0.325 e. The van der Waals surface area contributed by atoms with Crippen LogP contribution < -0.4 is 5.32 Å². The molecule has 2 rings (SSSR count). The highest BCUT2D eigenvalue weighted by Crippen LogP contribution is 2.24. The van der Waals surface area contributed by atoms with Crippen LogP contribution in [0.3, 0.4) is 0 Å². The van der Waals surface area contributed by atoms with Crippen LogP contribution in [0.2, 0.25) is 0 Å². The molecule has 0 aromatic carbocycles. The molecule has 0 aliphatic rings. The van der Waals surface area contributed by atoms with Crippen LogP contribution in [0, 0.1) is 0 Å². The van der Waals surface area contributed by atoms with E-state index in [0.29, 0.717) is 5.76 Å². The molecule has 1 amide bonds. The Hall–Kier alpha value is -2.15. The number of thiophene rings is 1. The Morgan fingerprint density at radius 3 is 2.94 bits per heavy atom. The van der Waals surface area contributed by atoms with Crippen LogP contribution >= 0.6 is 11.3 Å². The minimum absolute atomic E-state index is 0.0616. The number of carboxylic acids is 1. The molecular weight excluding hydrogens is 256 g/mol. The normalized spacial score (nSPS) is 12.1. The minimum Gasteiger partial charge on any atom is -0.480 e. The second kappa shape index (κ2) is 5.01. The van der Waals surface area contributed by atoms with Crippen molar-refractivity contribution in [2.75, 3.05) is 0 Å². The number of nitrogens with zero attached hydrogens (tertiary/aromatic N) is 1. The van der Waals surface area contributed by atoms with Crippen LogP contribution in [0.1, 0.15) is 17.4 Å². The Kier molecular flexibility index (Phi) is 3.42. The highest BCUT2D eigenvalue weighted by atomic mass is 32.1. The predicted molar refractivity (Wildman–Crippen MR) is 64.4 cm³/mol. The summed E-state index contributed by atoms with van der Waals surface area (Å²) in [6, 6.07) is 4.21. The van der Waals surface area contributed by atoms with Gasteiger partial charge < -0.3 is 14.9 Å². The molecule has 0 saturated heterocycles. The van der Waals surface area contributed by atoms with Gasteiger partial charge in [0.2, 0.25) is 0 Å². The molecule has 0 fully saturated rings. The van der Waals surface area contributed by atoms with Crippen molar-refractivity contribution in [1.82, 2.24) is 10.5 Å². The largest absolute Gasteiger partial charge is 0.480 e. The zero-order valence-electron chi connectivity index (χ0n) is 9.41. The summed E-state index contributed by atoms with van der Waals surface area (Å²) in [5.41, 5.74) is 0.0616. The molecule has 1 atom stereocenters. The van der Waals surface area contributed by atoms with Crippen molar-refractivity contribution in [3.8, 4) is 10.6 Å². The summed E-state index contributed by atoms with van der Waals surface area (Å²) in [6.45, 7) is 1.38. The number of carboxylic acid groups (broad SMARTS) is 1. The summed E-state index contributed by atoms with van der Waals surface area (Å²) < 4.78 is 5.02. The third-order valence-corrected chi connectivity index (χ3v) is 3.11. The third-order valence-electron chi connectivity index (χ3n) is 2.22. The van der Waals surface area contributed by atoms with Crippen molar-refractivity contribution >= 4 is 23.2 Å². The Morgan fingerprint density at radius 1 is 1.56 bits per heavy atom. The predicted octanol–water partition coefficient (Wildman–Crippen LogP) is 1.61. The van der Waals surface area contributed by atoms with Crippen LogP contribution in [-0.4, -0.2) is 28.2 Å². The average molecular weight is 266 g/mol. The lowest BCUT2D eigenvalue weighted by molar-refractivity contribution is -0.138. The number of aromatic nitrogens is 1. The number of hydrogen-bond donors (Lipinski definition) is 2. The van der Waals surface area contributed by atoms with E-state index in [4.69, 9.17) is 9.63 Å². The molecule has 94 valence electrons. The van der Waals surface area contributed by atoms with Gasteiger partial charge >= 0.3 is 5.97 Å². The van der Waals surface area contributed by atoms with Gasteiger partial charge in [0.1, 0.15) is 6.04 Å². The van der Waals surface area contributed by atoms with Crippen molar-refractivity contribution in [1.29, 1.82) is 0 Å². The highest BCUT2D eigenvalue weighted by molar-refractivity contribution is 7.13. The second-order valence-electron chi connectivity index (χ2n) is 3.59. The zero-order valence-corrected chi connectivity index (χ0v) is 10.2. The Labute approximate surface area is 106 Å². The van der Waals surface area contributed by atoms with Gasteiger partial charge in [-0.15, -0.1) is 11.3 Å². The van der Waals surface area contributed by atoms with Crippen molar-refractivity contribution in [2.45, 2.75) is 13.0 Å². The number of amides is 1. The first kappa shape index (κ1) is 12.3. The molecule has 0 saturated carbocycles. The molecule has 7 heteroatoms. The van der Waals surface area contributed by atoms with Gasteiger partial charge in [-0.2, -0.15) is 0 Å². The van der Waals surface area contributed by atoms with Gasteiger partial charge in [0.05, 0.1) is 4.88 Å². The fraction of sp³-hybridized carbons (Fsp3) is 0.182. The molecular formula is C11H10N2O4S. The van der Waals surface area contributed by atoms with Crippen molar-refractivity contribution < 1.29 is 19.2 Å². The van der Waals surface area contributed by atoms with Crippen molar-refractivity contribution in [2.24, 2.45) is 0 Å². The SMILES string of the molecule is CC(NC(=O)c1cc(-c2cccs2)on1)C(=O)O. The van der Waals surface area contributed by atoms with E-state index < -0.39 is 17.9 Å². The number of rotatable bonds is 4. The van der Waals surface area contributed by atoms with Crippen molar-refractivity contribution in [3.05, 3.63) is 29.3 Å².